The molecule has 0 unspecified atom stereocenters. The molecule has 3 N–H and O–H groups in total. The van der Waals surface area contributed by atoms with Crippen LogP contribution in [0.1, 0.15) is 102 Å². The normalized spacial score (nSPS) is 12.0. The van der Waals surface area contributed by atoms with Gasteiger partial charge in [-0.1, -0.05) is 141 Å². The Hall–Kier alpha value is -8.38. The topological polar surface area (TPSA) is 262 Å². The average Bonchev–Trinajstić information content (AvgIpc) is 3.25. The van der Waals surface area contributed by atoms with Crippen LogP contribution in [-0.4, -0.2) is 152 Å². The zero-order valence-corrected chi connectivity index (χ0v) is 51.3. The van der Waals surface area contributed by atoms with E-state index in [9.17, 15) is 28.8 Å². The molecule has 0 aliphatic carbocycles. The van der Waals surface area contributed by atoms with Crippen LogP contribution in [-0.2, 0) is 78.6 Å². The Kier molecular flexibility index (Phi) is 28.0. The average molecular weight is 1210 g/mol. The molecule has 0 radical (unpaired) electrons. The van der Waals surface area contributed by atoms with Crippen molar-refractivity contribution in [2.24, 2.45) is 0 Å². The lowest BCUT2D eigenvalue weighted by molar-refractivity contribution is -0.144. The highest BCUT2D eigenvalue weighted by Crippen LogP contribution is 2.43. The zero-order valence-electron chi connectivity index (χ0n) is 51.3. The summed E-state index contributed by atoms with van der Waals surface area (Å²) in [7, 11) is 3.20. The number of methoxy groups -OCH3 is 2. The minimum absolute atomic E-state index is 0.0459. The fourth-order valence-corrected chi connectivity index (χ4v) is 10.1. The molecule has 0 atom stereocenters. The molecule has 0 saturated heterocycles. The third kappa shape index (κ3) is 19.8. The summed E-state index contributed by atoms with van der Waals surface area (Å²) in [4.78, 5) is 80.1. The number of amides is 5. The summed E-state index contributed by atoms with van der Waals surface area (Å²) in [5.41, 5.74) is 9.39. The third-order valence-electron chi connectivity index (χ3n) is 14.7. The first kappa shape index (κ1) is 67.1. The molecule has 6 aromatic rings. The van der Waals surface area contributed by atoms with Crippen molar-refractivity contribution in [3.63, 3.8) is 0 Å². The minimum atomic E-state index is -0.451. The van der Waals surface area contributed by atoms with Crippen LogP contribution in [0.3, 0.4) is 0 Å². The lowest BCUT2D eigenvalue weighted by atomic mass is 9.95. The Bertz CT molecular complexity index is 3200. The first-order valence-corrected chi connectivity index (χ1v) is 30.6. The largest absolute Gasteiger partial charge is 0.464 e. The van der Waals surface area contributed by atoms with E-state index < -0.39 is 6.09 Å². The smallest absolute Gasteiger partial charge is 0.407 e. The highest BCUT2D eigenvalue weighted by molar-refractivity contribution is 6.02. The second-order valence-electron chi connectivity index (χ2n) is 21.0. The number of esters is 1. The fourth-order valence-electron chi connectivity index (χ4n) is 10.1. The molecule has 0 bridgehead atoms. The number of alkyl carbamates (subject to hydrolysis) is 1. The number of rotatable bonds is 33. The van der Waals surface area contributed by atoms with E-state index in [0.29, 0.717) is 115 Å². The van der Waals surface area contributed by atoms with Gasteiger partial charge in [-0.25, -0.2) is 14.2 Å². The SMILES string of the molecule is CCCCCCC(=O)OCCn1nnc2c1-c1ccccc1N(C(=O)CCC(=O)NCCOCCOC)Cc1ccccc1-2.CCCCCNC(=O)OCCn1nnc2c1-c1ccccc1CN(C(=O)CCC(=O)NCCOCCOC)c1ccccc1-2. The summed E-state index contributed by atoms with van der Waals surface area (Å²) in [5, 5.41) is 26.3. The molecule has 472 valence electrons. The molecule has 23 nitrogen and oxygen atoms in total. The standard InChI is InChI=1S/C33H43N5O6.C32H42N6O6/c1-3-4-5-6-15-31(41)44-21-19-38-33-27-13-9-10-14-28(27)37(24-25-11-7-8-12-26(25)32(33)35-36-38)30(40)17-16-29(39)34-18-20-43-23-22-42-2;1-3-4-9-16-34-32(41)44-20-18-38-31-25-11-6-5-10-24(25)23-37(27-13-8-7-12-26(27)30(31)35-36-38)29(40)15-14-28(39)33-17-19-43-22-21-42-2/h7-14H,3-6,15-24H2,1-2H3,(H,34,39);5-8,10-13H,3-4,9,14-23H2,1-2H3,(H,33,39)(H,34,41). The maximum Gasteiger partial charge on any atom is 0.407 e. The van der Waals surface area contributed by atoms with Crippen LogP contribution in [0.4, 0.5) is 16.2 Å². The van der Waals surface area contributed by atoms with Gasteiger partial charge < -0.3 is 54.2 Å². The predicted molar refractivity (Wildman–Crippen MR) is 333 cm³/mol. The van der Waals surface area contributed by atoms with E-state index in [1.807, 2.05) is 97.1 Å². The molecule has 23 heteroatoms. The van der Waals surface area contributed by atoms with E-state index in [-0.39, 0.29) is 68.5 Å². The van der Waals surface area contributed by atoms with Crippen molar-refractivity contribution in [2.75, 3.05) is 96.5 Å². The van der Waals surface area contributed by atoms with E-state index in [1.165, 1.54) is 0 Å². The second-order valence-corrected chi connectivity index (χ2v) is 21.0. The zero-order chi connectivity index (χ0) is 62.3. The Morgan fingerprint density at radius 1 is 0.455 bits per heavy atom. The number of nitrogens with one attached hydrogen (secondary N) is 3. The fraction of sp³-hybridized carbons (Fsp3) is 0.477. The van der Waals surface area contributed by atoms with Crippen molar-refractivity contribution < 1.29 is 57.2 Å². The lowest BCUT2D eigenvalue weighted by Gasteiger charge is -2.28. The number of aromatic nitrogens is 6. The summed E-state index contributed by atoms with van der Waals surface area (Å²) >= 11 is 0. The molecule has 5 amide bonds. The van der Waals surface area contributed by atoms with E-state index in [4.69, 9.17) is 28.4 Å². The quantitative estimate of drug-likeness (QED) is 0.0258. The van der Waals surface area contributed by atoms with E-state index >= 15 is 0 Å². The van der Waals surface area contributed by atoms with Crippen molar-refractivity contribution in [3.8, 4) is 45.0 Å². The van der Waals surface area contributed by atoms with Gasteiger partial charge in [0.05, 0.1) is 88.6 Å². The molecule has 4 heterocycles. The van der Waals surface area contributed by atoms with Gasteiger partial charge in [-0.3, -0.25) is 24.0 Å². The van der Waals surface area contributed by atoms with Gasteiger partial charge in [0.1, 0.15) is 24.6 Å². The van der Waals surface area contributed by atoms with Crippen molar-refractivity contribution >= 4 is 47.1 Å². The highest BCUT2D eigenvalue weighted by atomic mass is 16.6. The third-order valence-corrected chi connectivity index (χ3v) is 14.7. The first-order valence-electron chi connectivity index (χ1n) is 30.6. The minimum Gasteiger partial charge on any atom is -0.464 e. The van der Waals surface area contributed by atoms with Crippen LogP contribution in [0.15, 0.2) is 97.1 Å². The van der Waals surface area contributed by atoms with Crippen molar-refractivity contribution in [1.82, 2.24) is 45.9 Å². The highest BCUT2D eigenvalue weighted by Gasteiger charge is 2.31. The van der Waals surface area contributed by atoms with Crippen LogP contribution >= 0.6 is 0 Å². The van der Waals surface area contributed by atoms with E-state index in [0.717, 1.165) is 89.7 Å². The van der Waals surface area contributed by atoms with Crippen molar-refractivity contribution in [1.29, 1.82) is 0 Å². The Labute approximate surface area is 515 Å². The van der Waals surface area contributed by atoms with E-state index in [1.54, 1.807) is 33.4 Å². The van der Waals surface area contributed by atoms with Gasteiger partial charge in [0, 0.05) is 88.2 Å². The number of hydrogen-bond acceptors (Lipinski definition) is 16. The Morgan fingerprint density at radius 3 is 1.51 bits per heavy atom. The van der Waals surface area contributed by atoms with Crippen LogP contribution in [0.2, 0.25) is 0 Å². The van der Waals surface area contributed by atoms with Gasteiger partial charge in [-0.05, 0) is 36.1 Å². The molecule has 8 rings (SSSR count). The molecular weight excluding hydrogens is 1130 g/mol. The molecule has 0 spiro atoms. The molecule has 2 aromatic heterocycles. The van der Waals surface area contributed by atoms with Gasteiger partial charge >= 0.3 is 12.1 Å². The summed E-state index contributed by atoms with van der Waals surface area (Å²) in [5.74, 6) is -0.976. The Balaban J connectivity index is 0.000000251. The van der Waals surface area contributed by atoms with Crippen LogP contribution in [0.5, 0.6) is 0 Å². The van der Waals surface area contributed by atoms with Crippen LogP contribution in [0.25, 0.3) is 45.0 Å². The van der Waals surface area contributed by atoms with Crippen molar-refractivity contribution in [2.45, 2.75) is 117 Å². The van der Waals surface area contributed by atoms with Gasteiger partial charge in [0.15, 0.2) is 0 Å². The summed E-state index contributed by atoms with van der Waals surface area (Å²) in [6.45, 7) is 9.78. The number of ether oxygens (including phenoxy) is 6. The second kappa shape index (κ2) is 36.7. The predicted octanol–water partition coefficient (Wildman–Crippen LogP) is 8.47. The number of para-hydroxylation sites is 2. The van der Waals surface area contributed by atoms with Gasteiger partial charge in [-0.2, -0.15) is 0 Å². The van der Waals surface area contributed by atoms with Gasteiger partial charge in [0.2, 0.25) is 23.6 Å². The van der Waals surface area contributed by atoms with E-state index in [2.05, 4.69) is 50.4 Å². The number of fused-ring (bicyclic) bond motifs is 10. The molecule has 2 aliphatic rings. The first-order chi connectivity index (χ1) is 43.1. The molecule has 4 aromatic carbocycles. The number of carbonyl (C=O) groups excluding carboxylic acids is 6. The van der Waals surface area contributed by atoms with Gasteiger partial charge in [-0.15, -0.1) is 10.2 Å². The lowest BCUT2D eigenvalue weighted by Crippen LogP contribution is -2.34. The van der Waals surface area contributed by atoms with Crippen molar-refractivity contribution in [3.05, 3.63) is 108 Å². The summed E-state index contributed by atoms with van der Waals surface area (Å²) in [6.07, 6.45) is 7.27. The molecular formula is C65H85N11O12. The number of nitrogens with zero attached hydrogens (tertiary/aromatic N) is 8. The van der Waals surface area contributed by atoms with Gasteiger partial charge in [0.25, 0.3) is 0 Å². The Morgan fingerprint density at radius 2 is 0.932 bits per heavy atom. The number of carbonyl (C=O) groups is 6. The summed E-state index contributed by atoms with van der Waals surface area (Å²) < 4.78 is 35.0. The van der Waals surface area contributed by atoms with Crippen LogP contribution in [0, 0.1) is 0 Å². The molecule has 88 heavy (non-hydrogen) atoms. The number of benzene rings is 4. The molecule has 0 saturated carbocycles. The maximum atomic E-state index is 13.7. The number of unbranched alkanes of at least 4 members (excludes halogenated alkanes) is 5. The number of anilines is 2. The maximum absolute atomic E-state index is 13.7. The monoisotopic (exact) mass is 1210 g/mol. The summed E-state index contributed by atoms with van der Waals surface area (Å²) in [6, 6.07) is 30.8. The van der Waals surface area contributed by atoms with Crippen LogP contribution < -0.4 is 25.8 Å². The molecule has 0 fully saturated rings. The molecule has 2 aliphatic heterocycles. The number of hydrogen-bond donors (Lipinski definition) is 3.